The molecule has 0 aromatic rings. The Morgan fingerprint density at radius 3 is 2.50 bits per heavy atom. The lowest BCUT2D eigenvalue weighted by Gasteiger charge is -2.21. The maximum Gasteiger partial charge on any atom is 0.409 e. The van der Waals surface area contributed by atoms with Gasteiger partial charge < -0.3 is 14.9 Å². The molecule has 1 atom stereocenters. The highest BCUT2D eigenvalue weighted by Gasteiger charge is 2.17. The molecule has 5 heteroatoms. The van der Waals surface area contributed by atoms with Crippen molar-refractivity contribution in [3.8, 4) is 0 Å². The number of rotatable bonds is 4. The van der Waals surface area contributed by atoms with Crippen LogP contribution < -0.4 is 5.32 Å². The van der Waals surface area contributed by atoms with E-state index in [2.05, 4.69) is 5.32 Å². The van der Waals surface area contributed by atoms with Crippen LogP contribution in [0.4, 0.5) is 4.79 Å². The maximum absolute atomic E-state index is 11.1. The minimum atomic E-state index is -0.961. The van der Waals surface area contributed by atoms with E-state index in [-0.39, 0.29) is 6.61 Å². The smallest absolute Gasteiger partial charge is 0.409 e. The molecule has 3 N–H and O–H groups in total. The Labute approximate surface area is 84.1 Å². The van der Waals surface area contributed by atoms with Crippen LogP contribution in [0.5, 0.6) is 0 Å². The molecule has 0 fully saturated rings. The predicted molar refractivity (Wildman–Crippen MR) is 51.7 cm³/mol. The van der Waals surface area contributed by atoms with Crippen LogP contribution in [0, 0.1) is 0 Å². The summed E-state index contributed by atoms with van der Waals surface area (Å²) in [7, 11) is 0. The Morgan fingerprint density at radius 2 is 2.07 bits per heavy atom. The first kappa shape index (κ1) is 13.2. The number of amides is 1. The van der Waals surface area contributed by atoms with Crippen molar-refractivity contribution in [2.24, 2.45) is 0 Å². The molecular weight excluding hydrogens is 186 g/mol. The Kier molecular flexibility index (Phi) is 5.49. The summed E-state index contributed by atoms with van der Waals surface area (Å²) in [5.74, 6) is 0. The summed E-state index contributed by atoms with van der Waals surface area (Å²) >= 11 is 0. The van der Waals surface area contributed by atoms with E-state index in [1.54, 1.807) is 20.8 Å². The van der Waals surface area contributed by atoms with Gasteiger partial charge in [0.15, 0.2) is 0 Å². The number of carbonyl (C=O) groups is 1. The number of hydrogen-bond acceptors (Lipinski definition) is 4. The van der Waals surface area contributed by atoms with Crippen molar-refractivity contribution in [2.75, 3.05) is 6.61 Å². The van der Waals surface area contributed by atoms with Crippen molar-refractivity contribution in [1.29, 1.82) is 0 Å². The molecule has 5 nitrogen and oxygen atoms in total. The number of nitrogens with one attached hydrogen (secondary N) is 1. The molecular formula is C9H19NO4. The first-order chi connectivity index (χ1) is 6.35. The number of carbonyl (C=O) groups excluding carboxylic acids is 1. The fourth-order valence-electron chi connectivity index (χ4n) is 0.800. The monoisotopic (exact) mass is 205 g/mol. The Morgan fingerprint density at radius 1 is 1.50 bits per heavy atom. The molecule has 0 spiro atoms. The second kappa shape index (κ2) is 5.82. The van der Waals surface area contributed by atoms with Crippen LogP contribution in [-0.4, -0.2) is 34.7 Å². The third-order valence-corrected chi connectivity index (χ3v) is 1.32. The van der Waals surface area contributed by atoms with Crippen LogP contribution >= 0.6 is 0 Å². The summed E-state index contributed by atoms with van der Waals surface area (Å²) in [5.41, 5.74) is -0.569. The molecule has 0 heterocycles. The van der Waals surface area contributed by atoms with E-state index in [9.17, 15) is 9.90 Å². The number of hydrogen-bond donors (Lipinski definition) is 3. The highest BCUT2D eigenvalue weighted by molar-refractivity contribution is 5.67. The van der Waals surface area contributed by atoms with Crippen LogP contribution in [0.3, 0.4) is 0 Å². The third-order valence-electron chi connectivity index (χ3n) is 1.32. The maximum atomic E-state index is 11.1. The third kappa shape index (κ3) is 7.82. The molecule has 0 aromatic carbocycles. The topological polar surface area (TPSA) is 78.8 Å². The fraction of sp³-hybridized carbons (Fsp3) is 0.889. The van der Waals surface area contributed by atoms with E-state index < -0.39 is 17.9 Å². The van der Waals surface area contributed by atoms with Crippen molar-refractivity contribution < 1.29 is 19.7 Å². The van der Waals surface area contributed by atoms with Crippen molar-refractivity contribution in [2.45, 2.75) is 45.4 Å². The standard InChI is InChI=1S/C9H19NO4/c1-9(2,3)14-8(13)10-7(12)5-4-6-11/h7,11-12H,4-6H2,1-3H3,(H,10,13). The summed E-state index contributed by atoms with van der Waals surface area (Å²) in [4.78, 5) is 11.1. The van der Waals surface area contributed by atoms with Gasteiger partial charge in [0.05, 0.1) is 0 Å². The van der Waals surface area contributed by atoms with Crippen molar-refractivity contribution >= 4 is 6.09 Å². The molecule has 1 amide bonds. The van der Waals surface area contributed by atoms with E-state index in [0.717, 1.165) is 0 Å². The summed E-state index contributed by atoms with van der Waals surface area (Å²) in [6, 6.07) is 0. The summed E-state index contributed by atoms with van der Waals surface area (Å²) < 4.78 is 4.92. The van der Waals surface area contributed by atoms with E-state index >= 15 is 0 Å². The quantitative estimate of drug-likeness (QED) is 0.587. The van der Waals surface area contributed by atoms with Crippen molar-refractivity contribution in [1.82, 2.24) is 5.32 Å². The minimum Gasteiger partial charge on any atom is -0.444 e. The van der Waals surface area contributed by atoms with Crippen LogP contribution in [-0.2, 0) is 4.74 Å². The first-order valence-electron chi connectivity index (χ1n) is 4.63. The van der Waals surface area contributed by atoms with Gasteiger partial charge in [0.25, 0.3) is 0 Å². The van der Waals surface area contributed by atoms with Crippen LogP contribution in [0.1, 0.15) is 33.6 Å². The van der Waals surface area contributed by atoms with Crippen molar-refractivity contribution in [3.05, 3.63) is 0 Å². The molecule has 84 valence electrons. The van der Waals surface area contributed by atoms with Gasteiger partial charge in [0, 0.05) is 6.61 Å². The Bertz CT molecular complexity index is 176. The Balaban J connectivity index is 3.71. The summed E-state index contributed by atoms with van der Waals surface area (Å²) in [5, 5.41) is 20.0. The van der Waals surface area contributed by atoms with Gasteiger partial charge in [0.2, 0.25) is 0 Å². The number of aliphatic hydroxyl groups is 2. The molecule has 0 saturated carbocycles. The van der Waals surface area contributed by atoms with Crippen LogP contribution in [0.15, 0.2) is 0 Å². The molecule has 0 aliphatic rings. The van der Waals surface area contributed by atoms with Gasteiger partial charge in [-0.25, -0.2) is 4.79 Å². The molecule has 14 heavy (non-hydrogen) atoms. The molecule has 0 bridgehead atoms. The van der Waals surface area contributed by atoms with Crippen LogP contribution in [0.2, 0.25) is 0 Å². The second-order valence-corrected chi connectivity index (χ2v) is 4.03. The minimum absolute atomic E-state index is 0.00689. The number of aliphatic hydroxyl groups excluding tert-OH is 2. The van der Waals surface area contributed by atoms with Gasteiger partial charge >= 0.3 is 6.09 Å². The summed E-state index contributed by atoms with van der Waals surface area (Å²) in [6.07, 6.45) is -0.855. The predicted octanol–water partition coefficient (Wildman–Crippen LogP) is 0.602. The lowest BCUT2D eigenvalue weighted by Crippen LogP contribution is -2.39. The van der Waals surface area contributed by atoms with E-state index in [1.807, 2.05) is 0 Å². The Hall–Kier alpha value is -0.810. The second-order valence-electron chi connectivity index (χ2n) is 4.03. The molecule has 0 aromatic heterocycles. The van der Waals surface area contributed by atoms with E-state index in [1.165, 1.54) is 0 Å². The van der Waals surface area contributed by atoms with Gasteiger partial charge in [-0.15, -0.1) is 0 Å². The average Bonchev–Trinajstić information content (AvgIpc) is 1.96. The lowest BCUT2D eigenvalue weighted by molar-refractivity contribution is 0.0333. The van der Waals surface area contributed by atoms with Gasteiger partial charge in [0.1, 0.15) is 11.8 Å². The number of ether oxygens (including phenoxy) is 1. The van der Waals surface area contributed by atoms with Gasteiger partial charge in [-0.3, -0.25) is 5.32 Å². The molecule has 0 saturated heterocycles. The zero-order valence-electron chi connectivity index (χ0n) is 8.91. The van der Waals surface area contributed by atoms with Gasteiger partial charge in [-0.1, -0.05) is 0 Å². The fourth-order valence-corrected chi connectivity index (χ4v) is 0.800. The number of alkyl carbamates (subject to hydrolysis) is 1. The lowest BCUT2D eigenvalue weighted by atomic mass is 10.2. The molecule has 0 rings (SSSR count). The SMILES string of the molecule is CC(C)(C)OC(=O)NC(O)CCCO. The molecule has 0 aliphatic carbocycles. The van der Waals surface area contributed by atoms with Crippen LogP contribution in [0.25, 0.3) is 0 Å². The zero-order valence-corrected chi connectivity index (χ0v) is 8.91. The van der Waals surface area contributed by atoms with Gasteiger partial charge in [-0.2, -0.15) is 0 Å². The average molecular weight is 205 g/mol. The summed E-state index contributed by atoms with van der Waals surface area (Å²) in [6.45, 7) is 5.22. The largest absolute Gasteiger partial charge is 0.444 e. The van der Waals surface area contributed by atoms with Crippen molar-refractivity contribution in [3.63, 3.8) is 0 Å². The van der Waals surface area contributed by atoms with Gasteiger partial charge in [-0.05, 0) is 33.6 Å². The molecule has 1 unspecified atom stereocenters. The van der Waals surface area contributed by atoms with E-state index in [4.69, 9.17) is 9.84 Å². The first-order valence-corrected chi connectivity index (χ1v) is 4.63. The highest BCUT2D eigenvalue weighted by Crippen LogP contribution is 2.06. The molecule has 0 aliphatic heterocycles. The van der Waals surface area contributed by atoms with E-state index in [0.29, 0.717) is 12.8 Å². The zero-order chi connectivity index (χ0) is 11.2. The highest BCUT2D eigenvalue weighted by atomic mass is 16.6. The molecule has 0 radical (unpaired) electrons. The normalized spacial score (nSPS) is 13.5.